The third-order valence-electron chi connectivity index (χ3n) is 1.64. The summed E-state index contributed by atoms with van der Waals surface area (Å²) >= 11 is 3.11. The number of rotatable bonds is 4. The first-order chi connectivity index (χ1) is 6.74. The maximum absolute atomic E-state index is 11.0. The average molecular weight is 258 g/mol. The van der Waals surface area contributed by atoms with Crippen LogP contribution in [-0.4, -0.2) is 10.8 Å². The molecule has 1 aromatic carbocycles. The van der Waals surface area contributed by atoms with Gasteiger partial charge in [-0.25, -0.2) is 4.79 Å². The number of hydrogen-bond acceptors (Lipinski definition) is 4. The van der Waals surface area contributed by atoms with Crippen molar-refractivity contribution in [2.75, 3.05) is 0 Å². The van der Waals surface area contributed by atoms with E-state index < -0.39 is 10.8 Å². The summed E-state index contributed by atoms with van der Waals surface area (Å²) in [4.78, 5) is 24.1. The Balaban J connectivity index is 2.52. The normalized spacial score (nSPS) is 11.8. The van der Waals surface area contributed by atoms with E-state index in [9.17, 15) is 9.70 Å². The van der Waals surface area contributed by atoms with Gasteiger partial charge in [-0.2, -0.15) is 0 Å². The summed E-state index contributed by atoms with van der Waals surface area (Å²) in [5.74, 6) is -0.677. The molecule has 0 radical (unpaired) electrons. The molecule has 0 fully saturated rings. The number of hydrogen-bond donors (Lipinski definition) is 0. The van der Waals surface area contributed by atoms with Crippen LogP contribution >= 0.6 is 15.9 Å². The Morgan fingerprint density at radius 3 is 2.64 bits per heavy atom. The van der Waals surface area contributed by atoms with Crippen LogP contribution in [0.1, 0.15) is 5.56 Å². The second-order valence-electron chi connectivity index (χ2n) is 2.64. The van der Waals surface area contributed by atoms with Gasteiger partial charge >= 0.3 is 5.97 Å². The second kappa shape index (κ2) is 5.49. The van der Waals surface area contributed by atoms with Crippen LogP contribution in [0.15, 0.2) is 35.7 Å². The lowest BCUT2D eigenvalue weighted by Crippen LogP contribution is -2.17. The van der Waals surface area contributed by atoms with Crippen molar-refractivity contribution in [2.24, 2.45) is 5.34 Å². The Morgan fingerprint density at radius 2 is 2.07 bits per heavy atom. The fourth-order valence-corrected chi connectivity index (χ4v) is 1.46. The van der Waals surface area contributed by atoms with E-state index in [0.29, 0.717) is 6.42 Å². The number of carbonyl (C=O) groups excluding carboxylic acids is 1. The van der Waals surface area contributed by atoms with Gasteiger partial charge in [0, 0.05) is 0 Å². The number of benzene rings is 1. The van der Waals surface area contributed by atoms with E-state index in [2.05, 4.69) is 26.1 Å². The fraction of sp³-hybridized carbons (Fsp3) is 0.222. The molecule has 0 aliphatic carbocycles. The molecule has 0 aromatic heterocycles. The van der Waals surface area contributed by atoms with E-state index in [4.69, 9.17) is 0 Å². The summed E-state index contributed by atoms with van der Waals surface area (Å²) in [6.45, 7) is 0. The van der Waals surface area contributed by atoms with Crippen LogP contribution in [0.25, 0.3) is 0 Å². The van der Waals surface area contributed by atoms with Crippen molar-refractivity contribution in [3.63, 3.8) is 0 Å². The predicted octanol–water partition coefficient (Wildman–Crippen LogP) is 2.22. The molecule has 1 atom stereocenters. The van der Waals surface area contributed by atoms with Gasteiger partial charge in [-0.3, -0.25) is 4.84 Å². The maximum atomic E-state index is 11.0. The Bertz CT molecular complexity index is 315. The van der Waals surface area contributed by atoms with Gasteiger partial charge in [-0.1, -0.05) is 46.3 Å². The second-order valence-corrected chi connectivity index (χ2v) is 3.75. The molecule has 0 N–H and O–H groups in total. The molecule has 0 heterocycles. The first-order valence-electron chi connectivity index (χ1n) is 3.95. The molecule has 0 amide bonds. The van der Waals surface area contributed by atoms with Gasteiger partial charge in [0.25, 0.3) is 0 Å². The molecular formula is C9H8BrNO3. The highest BCUT2D eigenvalue weighted by atomic mass is 79.9. The first kappa shape index (κ1) is 10.8. The van der Waals surface area contributed by atoms with Crippen LogP contribution in [0.5, 0.6) is 0 Å². The summed E-state index contributed by atoms with van der Waals surface area (Å²) in [5.41, 5.74) is 0.984. The number of alkyl halides is 1. The molecule has 0 spiro atoms. The highest BCUT2D eigenvalue weighted by molar-refractivity contribution is 9.10. The summed E-state index contributed by atoms with van der Waals surface area (Å²) in [5, 5.41) is 2.07. The lowest BCUT2D eigenvalue weighted by Gasteiger charge is -2.04. The van der Waals surface area contributed by atoms with Gasteiger partial charge in [0.1, 0.15) is 4.83 Å². The summed E-state index contributed by atoms with van der Waals surface area (Å²) in [6, 6.07) is 9.40. The van der Waals surface area contributed by atoms with Crippen molar-refractivity contribution in [3.8, 4) is 0 Å². The Morgan fingerprint density at radius 1 is 1.43 bits per heavy atom. The molecule has 14 heavy (non-hydrogen) atoms. The standard InChI is InChI=1S/C9H8BrNO3/c10-8(9(12)14-11-13)6-7-4-2-1-3-5-7/h1-5,8H,6H2/t8-/m1/s1. The lowest BCUT2D eigenvalue weighted by molar-refractivity contribution is -0.143. The smallest absolute Gasteiger partial charge is 0.283 e. The predicted molar refractivity (Wildman–Crippen MR) is 54.7 cm³/mol. The molecule has 4 nitrogen and oxygen atoms in total. The third-order valence-corrected chi connectivity index (χ3v) is 2.34. The minimum Gasteiger partial charge on any atom is -0.283 e. The lowest BCUT2D eigenvalue weighted by atomic mass is 10.1. The van der Waals surface area contributed by atoms with E-state index >= 15 is 0 Å². The van der Waals surface area contributed by atoms with Crippen LogP contribution in [0.4, 0.5) is 0 Å². The highest BCUT2D eigenvalue weighted by Gasteiger charge is 2.17. The van der Waals surface area contributed by atoms with Crippen LogP contribution in [-0.2, 0) is 16.1 Å². The van der Waals surface area contributed by atoms with Gasteiger partial charge in [0.15, 0.2) is 5.34 Å². The zero-order valence-corrected chi connectivity index (χ0v) is 8.81. The van der Waals surface area contributed by atoms with Crippen LogP contribution in [0, 0.1) is 4.91 Å². The van der Waals surface area contributed by atoms with Gasteiger partial charge < -0.3 is 0 Å². The number of halogens is 1. The molecule has 5 heteroatoms. The molecule has 0 aliphatic heterocycles. The number of carbonyl (C=O) groups is 1. The molecule has 1 rings (SSSR count). The molecule has 0 saturated heterocycles. The monoisotopic (exact) mass is 257 g/mol. The zero-order chi connectivity index (χ0) is 10.4. The molecule has 0 bridgehead atoms. The van der Waals surface area contributed by atoms with E-state index in [1.807, 2.05) is 30.3 Å². The van der Waals surface area contributed by atoms with Crippen LogP contribution in [0.3, 0.4) is 0 Å². The van der Waals surface area contributed by atoms with Crippen molar-refractivity contribution < 1.29 is 9.63 Å². The quantitative estimate of drug-likeness (QED) is 0.472. The van der Waals surface area contributed by atoms with Crippen molar-refractivity contribution in [3.05, 3.63) is 40.8 Å². The van der Waals surface area contributed by atoms with E-state index in [1.165, 1.54) is 0 Å². The summed E-state index contributed by atoms with van der Waals surface area (Å²) in [7, 11) is 0. The summed E-state index contributed by atoms with van der Waals surface area (Å²) in [6.07, 6.45) is 0.467. The van der Waals surface area contributed by atoms with E-state index in [0.717, 1.165) is 5.56 Å². The van der Waals surface area contributed by atoms with Crippen molar-refractivity contribution in [1.29, 1.82) is 0 Å². The molecule has 74 valence electrons. The Labute approximate surface area is 89.3 Å². The highest BCUT2D eigenvalue weighted by Crippen LogP contribution is 2.11. The zero-order valence-electron chi connectivity index (χ0n) is 7.22. The fourth-order valence-electron chi connectivity index (χ4n) is 0.998. The van der Waals surface area contributed by atoms with Crippen molar-refractivity contribution in [2.45, 2.75) is 11.2 Å². The minimum absolute atomic E-state index is 0.467. The first-order valence-corrected chi connectivity index (χ1v) is 4.87. The largest absolute Gasteiger partial charge is 0.352 e. The van der Waals surface area contributed by atoms with E-state index in [-0.39, 0.29) is 0 Å². The van der Waals surface area contributed by atoms with E-state index in [1.54, 1.807) is 0 Å². The van der Waals surface area contributed by atoms with Crippen molar-refractivity contribution >= 4 is 21.9 Å². The Hall–Kier alpha value is -1.23. The molecule has 1 aromatic rings. The minimum atomic E-state index is -0.677. The van der Waals surface area contributed by atoms with Gasteiger partial charge in [0.05, 0.1) is 0 Å². The average Bonchev–Trinajstić information content (AvgIpc) is 2.19. The molecule has 0 aliphatic rings. The maximum Gasteiger partial charge on any atom is 0.352 e. The van der Waals surface area contributed by atoms with Gasteiger partial charge in [-0.05, 0) is 12.0 Å². The molecule has 0 unspecified atom stereocenters. The Kier molecular flexibility index (Phi) is 4.25. The molecular weight excluding hydrogens is 250 g/mol. The third kappa shape index (κ3) is 3.26. The number of nitrogens with zero attached hydrogens (tertiary/aromatic N) is 1. The topological polar surface area (TPSA) is 55.7 Å². The van der Waals surface area contributed by atoms with Crippen LogP contribution < -0.4 is 0 Å². The summed E-state index contributed by atoms with van der Waals surface area (Å²) < 4.78 is 0. The van der Waals surface area contributed by atoms with Gasteiger partial charge in [-0.15, -0.1) is 4.91 Å². The SMILES string of the molecule is O=NOC(=O)[C@H](Br)Cc1ccccc1. The van der Waals surface area contributed by atoms with Crippen molar-refractivity contribution in [1.82, 2.24) is 0 Å². The van der Waals surface area contributed by atoms with Crippen LogP contribution in [0.2, 0.25) is 0 Å². The molecule has 0 saturated carbocycles. The van der Waals surface area contributed by atoms with Gasteiger partial charge in [0.2, 0.25) is 0 Å².